The second-order valence-electron chi connectivity index (χ2n) is 4.57. The van der Waals surface area contributed by atoms with E-state index in [0.29, 0.717) is 17.9 Å². The molecule has 1 aromatic carbocycles. The molecule has 106 valence electrons. The molecule has 0 heterocycles. The highest BCUT2D eigenvalue weighted by Crippen LogP contribution is 2.21. The van der Waals surface area contributed by atoms with Gasteiger partial charge in [0.1, 0.15) is 0 Å². The highest BCUT2D eigenvalue weighted by molar-refractivity contribution is 7.89. The maximum atomic E-state index is 12.6. The van der Waals surface area contributed by atoms with Gasteiger partial charge in [-0.25, -0.2) is 8.42 Å². The number of nitrogens with zero attached hydrogens (tertiary/aromatic N) is 1. The van der Waals surface area contributed by atoms with Crippen LogP contribution >= 0.6 is 12.2 Å². The summed E-state index contributed by atoms with van der Waals surface area (Å²) >= 11 is 4.84. The van der Waals surface area contributed by atoms with Crippen LogP contribution in [-0.4, -0.2) is 30.8 Å². The third-order valence-electron chi connectivity index (χ3n) is 2.77. The Labute approximate surface area is 120 Å². The second kappa shape index (κ2) is 6.45. The molecule has 0 aliphatic rings. The van der Waals surface area contributed by atoms with Gasteiger partial charge in [-0.2, -0.15) is 4.31 Å². The standard InChI is InChI=1S/C13H20N2O2S2/c1-4-7-15(9-13(14)18)19(16,17)12-8-10(2)5-6-11(12)3/h5-6,8H,4,7,9H2,1-3H3,(H2,14,18). The number of benzene rings is 1. The lowest BCUT2D eigenvalue weighted by atomic mass is 10.2. The molecule has 0 saturated heterocycles. The Balaban J connectivity index is 3.25. The Kier molecular flexibility index (Phi) is 5.46. The first-order chi connectivity index (χ1) is 8.78. The van der Waals surface area contributed by atoms with Gasteiger partial charge in [-0.1, -0.05) is 31.3 Å². The molecule has 0 bridgehead atoms. The number of rotatable bonds is 6. The lowest BCUT2D eigenvalue weighted by Gasteiger charge is -2.22. The van der Waals surface area contributed by atoms with Gasteiger partial charge in [0.05, 0.1) is 16.4 Å². The van der Waals surface area contributed by atoms with Crippen molar-refractivity contribution in [3.63, 3.8) is 0 Å². The molecule has 0 fully saturated rings. The van der Waals surface area contributed by atoms with Crippen LogP contribution in [0.3, 0.4) is 0 Å². The highest BCUT2D eigenvalue weighted by atomic mass is 32.2. The van der Waals surface area contributed by atoms with Crippen LogP contribution < -0.4 is 5.73 Å². The fourth-order valence-corrected chi connectivity index (χ4v) is 3.89. The molecule has 4 nitrogen and oxygen atoms in total. The van der Waals surface area contributed by atoms with Crippen molar-refractivity contribution in [2.45, 2.75) is 32.1 Å². The van der Waals surface area contributed by atoms with Crippen molar-refractivity contribution in [2.24, 2.45) is 5.73 Å². The fourth-order valence-electron chi connectivity index (χ4n) is 1.83. The molecule has 0 radical (unpaired) electrons. The van der Waals surface area contributed by atoms with E-state index in [1.54, 1.807) is 13.0 Å². The normalized spacial score (nSPS) is 11.8. The lowest BCUT2D eigenvalue weighted by Crippen LogP contribution is -2.38. The topological polar surface area (TPSA) is 63.4 Å². The van der Waals surface area contributed by atoms with Gasteiger partial charge in [0, 0.05) is 6.54 Å². The van der Waals surface area contributed by atoms with E-state index in [1.807, 2.05) is 26.0 Å². The number of sulfonamides is 1. The first-order valence-electron chi connectivity index (χ1n) is 6.14. The molecule has 19 heavy (non-hydrogen) atoms. The minimum Gasteiger partial charge on any atom is -0.392 e. The number of aryl methyl sites for hydroxylation is 2. The van der Waals surface area contributed by atoms with Crippen LogP contribution in [0.4, 0.5) is 0 Å². The summed E-state index contributed by atoms with van der Waals surface area (Å²) in [6.45, 7) is 6.07. The molecule has 1 rings (SSSR count). The first kappa shape index (κ1) is 16.1. The van der Waals surface area contributed by atoms with Gasteiger partial charge in [-0.3, -0.25) is 0 Å². The van der Waals surface area contributed by atoms with E-state index >= 15 is 0 Å². The molecule has 0 spiro atoms. The Morgan fingerprint density at radius 3 is 2.53 bits per heavy atom. The summed E-state index contributed by atoms with van der Waals surface area (Å²) in [6.07, 6.45) is 0.715. The van der Waals surface area contributed by atoms with Crippen LogP contribution in [0.5, 0.6) is 0 Å². The minimum absolute atomic E-state index is 0.0822. The zero-order valence-corrected chi connectivity index (χ0v) is 13.1. The number of nitrogens with two attached hydrogens (primary N) is 1. The minimum atomic E-state index is -3.55. The summed E-state index contributed by atoms with van der Waals surface area (Å²) in [6, 6.07) is 5.39. The molecular weight excluding hydrogens is 280 g/mol. The quantitative estimate of drug-likeness (QED) is 0.816. The monoisotopic (exact) mass is 300 g/mol. The van der Waals surface area contributed by atoms with Crippen LogP contribution in [-0.2, 0) is 10.0 Å². The Bertz CT molecular complexity index is 568. The summed E-state index contributed by atoms with van der Waals surface area (Å²) in [5, 5.41) is 0. The largest absolute Gasteiger partial charge is 0.392 e. The van der Waals surface area contributed by atoms with Crippen molar-refractivity contribution >= 4 is 27.2 Å². The predicted molar refractivity (Wildman–Crippen MR) is 81.8 cm³/mol. The Hall–Kier alpha value is -0.980. The summed E-state index contributed by atoms with van der Waals surface area (Å²) in [4.78, 5) is 0.513. The average Bonchev–Trinajstić information content (AvgIpc) is 2.31. The van der Waals surface area contributed by atoms with Crippen molar-refractivity contribution in [1.82, 2.24) is 4.31 Å². The summed E-state index contributed by atoms with van der Waals surface area (Å²) in [5.74, 6) is 0. The molecule has 0 aromatic heterocycles. The third-order valence-corrected chi connectivity index (χ3v) is 4.88. The zero-order chi connectivity index (χ0) is 14.6. The Morgan fingerprint density at radius 2 is 2.00 bits per heavy atom. The van der Waals surface area contributed by atoms with Gasteiger partial charge in [-0.15, -0.1) is 0 Å². The van der Waals surface area contributed by atoms with Gasteiger partial charge < -0.3 is 5.73 Å². The lowest BCUT2D eigenvalue weighted by molar-refractivity contribution is 0.449. The third kappa shape index (κ3) is 3.99. The van der Waals surface area contributed by atoms with E-state index in [2.05, 4.69) is 0 Å². The zero-order valence-electron chi connectivity index (χ0n) is 11.5. The highest BCUT2D eigenvalue weighted by Gasteiger charge is 2.25. The fraction of sp³-hybridized carbons (Fsp3) is 0.462. The van der Waals surface area contributed by atoms with Gasteiger partial charge in [0.2, 0.25) is 10.0 Å². The van der Waals surface area contributed by atoms with E-state index in [1.165, 1.54) is 4.31 Å². The molecule has 1 aromatic rings. The molecule has 0 atom stereocenters. The smallest absolute Gasteiger partial charge is 0.243 e. The maximum absolute atomic E-state index is 12.6. The molecular formula is C13H20N2O2S2. The van der Waals surface area contributed by atoms with Crippen LogP contribution in [0, 0.1) is 13.8 Å². The van der Waals surface area contributed by atoms with Crippen LogP contribution in [0.15, 0.2) is 23.1 Å². The molecule has 0 aliphatic carbocycles. The summed E-state index contributed by atoms with van der Waals surface area (Å²) < 4.78 is 26.6. The first-order valence-corrected chi connectivity index (χ1v) is 7.99. The van der Waals surface area contributed by atoms with Crippen molar-refractivity contribution in [3.05, 3.63) is 29.3 Å². The van der Waals surface area contributed by atoms with Crippen molar-refractivity contribution in [3.8, 4) is 0 Å². The van der Waals surface area contributed by atoms with Crippen LogP contribution in [0.2, 0.25) is 0 Å². The molecule has 6 heteroatoms. The van der Waals surface area contributed by atoms with Gasteiger partial charge in [-0.05, 0) is 37.5 Å². The van der Waals surface area contributed by atoms with E-state index in [4.69, 9.17) is 18.0 Å². The predicted octanol–water partition coefficient (Wildman–Crippen LogP) is 1.99. The Morgan fingerprint density at radius 1 is 1.37 bits per heavy atom. The van der Waals surface area contributed by atoms with E-state index in [-0.39, 0.29) is 11.5 Å². The molecule has 0 saturated carbocycles. The van der Waals surface area contributed by atoms with Crippen molar-refractivity contribution in [2.75, 3.05) is 13.1 Å². The summed E-state index contributed by atoms with van der Waals surface area (Å²) in [5.41, 5.74) is 7.14. The number of hydrogen-bond acceptors (Lipinski definition) is 3. The van der Waals surface area contributed by atoms with Gasteiger partial charge in [0.25, 0.3) is 0 Å². The molecule has 0 aliphatic heterocycles. The van der Waals surface area contributed by atoms with Crippen molar-refractivity contribution < 1.29 is 8.42 Å². The van der Waals surface area contributed by atoms with E-state index in [9.17, 15) is 8.42 Å². The van der Waals surface area contributed by atoms with Crippen LogP contribution in [0.1, 0.15) is 24.5 Å². The summed E-state index contributed by atoms with van der Waals surface area (Å²) in [7, 11) is -3.55. The van der Waals surface area contributed by atoms with E-state index < -0.39 is 10.0 Å². The van der Waals surface area contributed by atoms with E-state index in [0.717, 1.165) is 11.1 Å². The molecule has 2 N–H and O–H groups in total. The second-order valence-corrected chi connectivity index (χ2v) is 7.00. The van der Waals surface area contributed by atoms with Crippen LogP contribution in [0.25, 0.3) is 0 Å². The van der Waals surface area contributed by atoms with Crippen molar-refractivity contribution in [1.29, 1.82) is 0 Å². The number of hydrogen-bond donors (Lipinski definition) is 1. The maximum Gasteiger partial charge on any atom is 0.243 e. The SMILES string of the molecule is CCCN(CC(N)=S)S(=O)(=O)c1cc(C)ccc1C. The number of thiocarbonyl (C=S) groups is 1. The molecule has 0 amide bonds. The average molecular weight is 300 g/mol. The molecule has 0 unspecified atom stereocenters. The van der Waals surface area contributed by atoms with Gasteiger partial charge in [0.15, 0.2) is 0 Å². The van der Waals surface area contributed by atoms with Gasteiger partial charge >= 0.3 is 0 Å².